The van der Waals surface area contributed by atoms with Gasteiger partial charge in [-0.1, -0.05) is 18.2 Å². The predicted molar refractivity (Wildman–Crippen MR) is 63.6 cm³/mol. The van der Waals surface area contributed by atoms with Crippen molar-refractivity contribution in [1.82, 2.24) is 0 Å². The number of nitrogens with zero attached hydrogens (tertiary/aromatic N) is 1. The Balaban J connectivity index is 1.92. The summed E-state index contributed by atoms with van der Waals surface area (Å²) in [7, 11) is 1.95. The minimum absolute atomic E-state index is 0.103. The van der Waals surface area contributed by atoms with E-state index in [4.69, 9.17) is 4.74 Å². The number of likely N-dealkylation sites (N-methyl/N-ethyl adjacent to an activating group) is 1. The van der Waals surface area contributed by atoms with Gasteiger partial charge in [0.1, 0.15) is 0 Å². The largest absolute Gasteiger partial charge is 0.381 e. The quantitative estimate of drug-likeness (QED) is 0.772. The molecule has 1 unspecified atom stereocenters. The maximum absolute atomic E-state index is 11.9. The van der Waals surface area contributed by atoms with E-state index in [0.717, 1.165) is 18.7 Å². The lowest BCUT2D eigenvalue weighted by atomic mass is 10.0. The number of para-hydroxylation sites is 1. The molecule has 0 radical (unpaired) electrons. The average Bonchev–Trinajstić information content (AvgIpc) is 2.83. The molecule has 3 heteroatoms. The number of anilines is 1. The lowest BCUT2D eigenvalue weighted by Gasteiger charge is -2.19. The van der Waals surface area contributed by atoms with Gasteiger partial charge in [-0.2, -0.15) is 0 Å². The van der Waals surface area contributed by atoms with Gasteiger partial charge < -0.3 is 9.64 Å². The van der Waals surface area contributed by atoms with E-state index in [1.165, 1.54) is 0 Å². The van der Waals surface area contributed by atoms with Crippen LogP contribution in [0.2, 0.25) is 0 Å². The molecule has 1 atom stereocenters. The van der Waals surface area contributed by atoms with Crippen molar-refractivity contribution in [3.63, 3.8) is 0 Å². The molecule has 0 bridgehead atoms. The van der Waals surface area contributed by atoms with E-state index in [1.807, 2.05) is 42.3 Å². The van der Waals surface area contributed by atoms with E-state index < -0.39 is 0 Å². The van der Waals surface area contributed by atoms with Gasteiger partial charge in [-0.25, -0.2) is 0 Å². The number of hydrogen-bond acceptors (Lipinski definition) is 3. The van der Waals surface area contributed by atoms with Crippen LogP contribution in [0.3, 0.4) is 0 Å². The molecule has 86 valence electrons. The molecule has 1 aliphatic heterocycles. The molecule has 2 rings (SSSR count). The monoisotopic (exact) mass is 219 g/mol. The summed E-state index contributed by atoms with van der Waals surface area (Å²) in [5, 5.41) is 0. The molecular formula is C13H17NO2. The first kappa shape index (κ1) is 11.1. The van der Waals surface area contributed by atoms with E-state index in [0.29, 0.717) is 13.2 Å². The summed E-state index contributed by atoms with van der Waals surface area (Å²) >= 11 is 0. The summed E-state index contributed by atoms with van der Waals surface area (Å²) in [5.41, 5.74) is 1.08. The van der Waals surface area contributed by atoms with Gasteiger partial charge in [0.05, 0.1) is 13.2 Å². The van der Waals surface area contributed by atoms with E-state index in [9.17, 15) is 4.79 Å². The minimum Gasteiger partial charge on any atom is -0.381 e. The SMILES string of the molecule is CN(CC(=O)C1CCOC1)c1ccccc1. The van der Waals surface area contributed by atoms with Crippen molar-refractivity contribution in [2.45, 2.75) is 6.42 Å². The molecule has 1 saturated heterocycles. The standard InChI is InChI=1S/C13H17NO2/c1-14(12-5-3-2-4-6-12)9-13(15)11-7-8-16-10-11/h2-6,11H,7-10H2,1H3. The zero-order valence-electron chi connectivity index (χ0n) is 9.56. The second-order valence-electron chi connectivity index (χ2n) is 4.22. The van der Waals surface area contributed by atoms with Gasteiger partial charge in [-0.3, -0.25) is 4.79 Å². The van der Waals surface area contributed by atoms with Crippen LogP contribution in [0.5, 0.6) is 0 Å². The number of carbonyl (C=O) groups is 1. The number of ketones is 1. The molecule has 1 aliphatic rings. The Hall–Kier alpha value is -1.35. The van der Waals surface area contributed by atoms with Crippen LogP contribution in [0.1, 0.15) is 6.42 Å². The number of carbonyl (C=O) groups excluding carboxylic acids is 1. The molecular weight excluding hydrogens is 202 g/mol. The van der Waals surface area contributed by atoms with Crippen molar-refractivity contribution in [1.29, 1.82) is 0 Å². The fourth-order valence-electron chi connectivity index (χ4n) is 1.93. The van der Waals surface area contributed by atoms with Gasteiger partial charge in [-0.15, -0.1) is 0 Å². The topological polar surface area (TPSA) is 29.5 Å². The summed E-state index contributed by atoms with van der Waals surface area (Å²) in [6, 6.07) is 9.96. The second-order valence-corrected chi connectivity index (χ2v) is 4.22. The molecule has 0 amide bonds. The van der Waals surface area contributed by atoms with Gasteiger partial charge in [0.25, 0.3) is 0 Å². The molecule has 1 aromatic carbocycles. The first-order chi connectivity index (χ1) is 7.77. The smallest absolute Gasteiger partial charge is 0.157 e. The van der Waals surface area contributed by atoms with Crippen LogP contribution in [0, 0.1) is 5.92 Å². The molecule has 1 aromatic rings. The van der Waals surface area contributed by atoms with Crippen molar-refractivity contribution in [3.05, 3.63) is 30.3 Å². The Bertz CT molecular complexity index is 344. The van der Waals surface area contributed by atoms with Crippen molar-refractivity contribution in [3.8, 4) is 0 Å². The number of hydrogen-bond donors (Lipinski definition) is 0. The molecule has 0 aliphatic carbocycles. The third-order valence-corrected chi connectivity index (χ3v) is 2.98. The molecule has 0 saturated carbocycles. The van der Waals surface area contributed by atoms with Crippen LogP contribution in [0.4, 0.5) is 5.69 Å². The van der Waals surface area contributed by atoms with Gasteiger partial charge >= 0.3 is 0 Å². The van der Waals surface area contributed by atoms with Crippen LogP contribution in [-0.2, 0) is 9.53 Å². The summed E-state index contributed by atoms with van der Waals surface area (Å²) in [6.45, 7) is 1.80. The highest BCUT2D eigenvalue weighted by atomic mass is 16.5. The van der Waals surface area contributed by atoms with Crippen molar-refractivity contribution < 1.29 is 9.53 Å². The second kappa shape index (κ2) is 5.12. The van der Waals surface area contributed by atoms with Crippen molar-refractivity contribution >= 4 is 11.5 Å². The molecule has 0 N–H and O–H groups in total. The van der Waals surface area contributed by atoms with E-state index in [2.05, 4.69) is 0 Å². The molecule has 16 heavy (non-hydrogen) atoms. The Morgan fingerprint density at radius 3 is 2.81 bits per heavy atom. The number of benzene rings is 1. The Morgan fingerprint density at radius 2 is 2.19 bits per heavy atom. The average molecular weight is 219 g/mol. The molecule has 0 spiro atoms. The summed E-state index contributed by atoms with van der Waals surface area (Å²) in [5.74, 6) is 0.384. The lowest BCUT2D eigenvalue weighted by molar-refractivity contribution is -0.121. The lowest BCUT2D eigenvalue weighted by Crippen LogP contribution is -2.30. The molecule has 1 fully saturated rings. The molecule has 3 nitrogen and oxygen atoms in total. The third kappa shape index (κ3) is 2.61. The zero-order chi connectivity index (χ0) is 11.4. The maximum atomic E-state index is 11.9. The van der Waals surface area contributed by atoms with Gasteiger partial charge in [0.15, 0.2) is 5.78 Å². The van der Waals surface area contributed by atoms with Crippen LogP contribution in [-0.4, -0.2) is 32.6 Å². The highest BCUT2D eigenvalue weighted by Gasteiger charge is 2.24. The van der Waals surface area contributed by atoms with E-state index in [-0.39, 0.29) is 11.7 Å². The fourth-order valence-corrected chi connectivity index (χ4v) is 1.93. The Kier molecular flexibility index (Phi) is 3.57. The van der Waals surface area contributed by atoms with Gasteiger partial charge in [-0.05, 0) is 18.6 Å². The van der Waals surface area contributed by atoms with Crippen LogP contribution >= 0.6 is 0 Å². The van der Waals surface area contributed by atoms with Crippen molar-refractivity contribution in [2.75, 3.05) is 31.7 Å². The highest BCUT2D eigenvalue weighted by molar-refractivity contribution is 5.85. The molecule has 0 aromatic heterocycles. The zero-order valence-corrected chi connectivity index (χ0v) is 9.56. The van der Waals surface area contributed by atoms with E-state index in [1.54, 1.807) is 0 Å². The number of ether oxygens (including phenoxy) is 1. The van der Waals surface area contributed by atoms with Crippen LogP contribution in [0.25, 0.3) is 0 Å². The van der Waals surface area contributed by atoms with Crippen LogP contribution < -0.4 is 4.90 Å². The third-order valence-electron chi connectivity index (χ3n) is 2.98. The predicted octanol–water partition coefficient (Wildman–Crippen LogP) is 1.73. The molecule has 1 heterocycles. The fraction of sp³-hybridized carbons (Fsp3) is 0.462. The first-order valence-corrected chi connectivity index (χ1v) is 5.64. The van der Waals surface area contributed by atoms with Crippen LogP contribution in [0.15, 0.2) is 30.3 Å². The maximum Gasteiger partial charge on any atom is 0.157 e. The summed E-state index contributed by atoms with van der Waals surface area (Å²) < 4.78 is 5.23. The van der Waals surface area contributed by atoms with Crippen molar-refractivity contribution in [2.24, 2.45) is 5.92 Å². The summed E-state index contributed by atoms with van der Waals surface area (Å²) in [6.07, 6.45) is 0.876. The highest BCUT2D eigenvalue weighted by Crippen LogP contribution is 2.16. The summed E-state index contributed by atoms with van der Waals surface area (Å²) in [4.78, 5) is 13.9. The minimum atomic E-state index is 0.103. The normalized spacial score (nSPS) is 19.7. The number of rotatable bonds is 4. The van der Waals surface area contributed by atoms with Gasteiger partial charge in [0, 0.05) is 25.3 Å². The Morgan fingerprint density at radius 1 is 1.44 bits per heavy atom. The van der Waals surface area contributed by atoms with Gasteiger partial charge in [0.2, 0.25) is 0 Å². The Labute approximate surface area is 96.0 Å². The number of Topliss-reactive ketones (excluding diaryl/α,β-unsaturated/α-hetero) is 1. The van der Waals surface area contributed by atoms with E-state index >= 15 is 0 Å². The first-order valence-electron chi connectivity index (χ1n) is 5.64.